The van der Waals surface area contributed by atoms with Crippen LogP contribution in [0.4, 0.5) is 5.82 Å². The van der Waals surface area contributed by atoms with Crippen LogP contribution in [0.1, 0.15) is 38.6 Å². The summed E-state index contributed by atoms with van der Waals surface area (Å²) in [5, 5.41) is 3.30. The van der Waals surface area contributed by atoms with Gasteiger partial charge in [0.2, 0.25) is 5.88 Å². The zero-order chi connectivity index (χ0) is 21.1. The number of hydrogen-bond donors (Lipinski definition) is 1. The predicted octanol–water partition coefficient (Wildman–Crippen LogP) is 2.70. The number of hydrogen-bond acceptors (Lipinski definition) is 7. The lowest BCUT2D eigenvalue weighted by Gasteiger charge is -2.14. The lowest BCUT2D eigenvalue weighted by molar-refractivity contribution is 0.0779. The molecule has 8 nitrogen and oxygen atoms in total. The minimum absolute atomic E-state index is 0.00797. The molecule has 4 rings (SSSR count). The van der Waals surface area contributed by atoms with E-state index in [0.717, 1.165) is 34.0 Å². The van der Waals surface area contributed by atoms with Gasteiger partial charge in [-0.3, -0.25) is 9.78 Å². The van der Waals surface area contributed by atoms with E-state index < -0.39 is 0 Å². The van der Waals surface area contributed by atoms with Crippen molar-refractivity contribution in [3.63, 3.8) is 0 Å². The van der Waals surface area contributed by atoms with Crippen LogP contribution >= 0.6 is 0 Å². The van der Waals surface area contributed by atoms with Crippen molar-refractivity contribution in [3.05, 3.63) is 70.6 Å². The highest BCUT2D eigenvalue weighted by molar-refractivity contribution is 5.98. The Bertz CT molecular complexity index is 1070. The largest absolute Gasteiger partial charge is 0.481 e. The minimum atomic E-state index is -0.00797. The second-order valence-corrected chi connectivity index (χ2v) is 7.24. The molecule has 1 amide bonds. The van der Waals surface area contributed by atoms with Gasteiger partial charge in [0, 0.05) is 48.2 Å². The molecular formula is C22H24N6O2. The first-order chi connectivity index (χ1) is 14.6. The smallest absolute Gasteiger partial charge is 0.256 e. The molecule has 0 saturated carbocycles. The highest BCUT2D eigenvalue weighted by atomic mass is 16.5. The fourth-order valence-corrected chi connectivity index (χ4v) is 3.48. The lowest BCUT2D eigenvalue weighted by Crippen LogP contribution is -2.26. The summed E-state index contributed by atoms with van der Waals surface area (Å²) in [6.07, 6.45) is 4.01. The van der Waals surface area contributed by atoms with E-state index in [0.29, 0.717) is 37.5 Å². The Morgan fingerprint density at radius 3 is 2.83 bits per heavy atom. The lowest BCUT2D eigenvalue weighted by atomic mass is 10.1. The highest BCUT2D eigenvalue weighted by Gasteiger charge is 2.30. The number of pyridine rings is 2. The van der Waals surface area contributed by atoms with Crippen LogP contribution in [0.15, 0.2) is 36.8 Å². The number of amides is 1. The van der Waals surface area contributed by atoms with Crippen molar-refractivity contribution in [2.45, 2.75) is 33.4 Å². The molecule has 0 unspecified atom stereocenters. The number of nitrogens with zero attached hydrogens (tertiary/aromatic N) is 5. The van der Waals surface area contributed by atoms with Gasteiger partial charge in [-0.1, -0.05) is 6.07 Å². The SMILES string of the molecule is COc1nc2c(cc1CNc1ncnc(C)c1C)C(=O)N(CCc1ccccn1)C2. The van der Waals surface area contributed by atoms with Crippen molar-refractivity contribution in [1.29, 1.82) is 0 Å². The fourth-order valence-electron chi connectivity index (χ4n) is 3.48. The Hall–Kier alpha value is -3.55. The number of aromatic nitrogens is 4. The monoisotopic (exact) mass is 404 g/mol. The maximum Gasteiger partial charge on any atom is 0.256 e. The van der Waals surface area contributed by atoms with Crippen LogP contribution in [0.3, 0.4) is 0 Å². The molecule has 3 aromatic rings. The summed E-state index contributed by atoms with van der Waals surface area (Å²) in [4.78, 5) is 32.2. The van der Waals surface area contributed by atoms with E-state index in [4.69, 9.17) is 4.74 Å². The van der Waals surface area contributed by atoms with Crippen molar-refractivity contribution in [2.24, 2.45) is 0 Å². The predicted molar refractivity (Wildman–Crippen MR) is 112 cm³/mol. The van der Waals surface area contributed by atoms with Crippen LogP contribution in [0.5, 0.6) is 5.88 Å². The van der Waals surface area contributed by atoms with Gasteiger partial charge < -0.3 is 15.0 Å². The van der Waals surface area contributed by atoms with Crippen LogP contribution in [0, 0.1) is 13.8 Å². The third-order valence-corrected chi connectivity index (χ3v) is 5.34. The average molecular weight is 404 g/mol. The maximum absolute atomic E-state index is 12.9. The maximum atomic E-state index is 12.9. The molecule has 154 valence electrons. The normalized spacial score (nSPS) is 12.8. The molecule has 0 aliphatic carbocycles. The third kappa shape index (κ3) is 3.94. The number of nitrogens with one attached hydrogen (secondary N) is 1. The summed E-state index contributed by atoms with van der Waals surface area (Å²) in [6.45, 7) is 5.44. The molecule has 0 saturated heterocycles. The molecule has 4 heterocycles. The summed E-state index contributed by atoms with van der Waals surface area (Å²) in [6, 6.07) is 7.68. The number of carbonyl (C=O) groups excluding carboxylic acids is 1. The molecule has 1 aliphatic heterocycles. The molecule has 0 bridgehead atoms. The van der Waals surface area contributed by atoms with Gasteiger partial charge in [-0.25, -0.2) is 15.0 Å². The van der Waals surface area contributed by atoms with Gasteiger partial charge >= 0.3 is 0 Å². The van der Waals surface area contributed by atoms with E-state index >= 15 is 0 Å². The van der Waals surface area contributed by atoms with Crippen LogP contribution in [0.2, 0.25) is 0 Å². The third-order valence-electron chi connectivity index (χ3n) is 5.34. The molecule has 1 N–H and O–H groups in total. The summed E-state index contributed by atoms with van der Waals surface area (Å²) < 4.78 is 5.49. The van der Waals surface area contributed by atoms with Crippen molar-refractivity contribution in [1.82, 2.24) is 24.8 Å². The standard InChI is InChI=1S/C22H24N6O2/c1-14-15(2)25-13-26-20(14)24-11-16-10-18-19(27-21(16)30-3)12-28(22(18)29)9-7-17-6-4-5-8-23-17/h4-6,8,10,13H,7,9,11-12H2,1-3H3,(H,24,25,26). The summed E-state index contributed by atoms with van der Waals surface area (Å²) in [5.74, 6) is 1.27. The summed E-state index contributed by atoms with van der Waals surface area (Å²) >= 11 is 0. The Morgan fingerprint density at radius 2 is 2.07 bits per heavy atom. The van der Waals surface area contributed by atoms with Gasteiger partial charge in [0.05, 0.1) is 24.9 Å². The van der Waals surface area contributed by atoms with E-state index in [2.05, 4.69) is 25.3 Å². The molecule has 1 aliphatic rings. The number of rotatable bonds is 7. The number of anilines is 1. The van der Waals surface area contributed by atoms with Gasteiger partial charge in [0.25, 0.3) is 5.91 Å². The second kappa shape index (κ2) is 8.44. The molecule has 0 fully saturated rings. The fraction of sp³-hybridized carbons (Fsp3) is 0.318. The Labute approximate surface area is 175 Å². The zero-order valence-corrected chi connectivity index (χ0v) is 17.3. The van der Waals surface area contributed by atoms with Gasteiger partial charge in [0.15, 0.2) is 0 Å². The van der Waals surface area contributed by atoms with Crippen molar-refractivity contribution >= 4 is 11.7 Å². The van der Waals surface area contributed by atoms with E-state index in [1.807, 2.05) is 38.1 Å². The van der Waals surface area contributed by atoms with Crippen molar-refractivity contribution < 1.29 is 9.53 Å². The van der Waals surface area contributed by atoms with Gasteiger partial charge in [-0.05, 0) is 32.0 Å². The molecule has 8 heteroatoms. The Morgan fingerprint density at radius 1 is 1.20 bits per heavy atom. The molecule has 0 radical (unpaired) electrons. The second-order valence-electron chi connectivity index (χ2n) is 7.24. The van der Waals surface area contributed by atoms with Gasteiger partial charge in [0.1, 0.15) is 12.1 Å². The van der Waals surface area contributed by atoms with E-state index in [-0.39, 0.29) is 5.91 Å². The van der Waals surface area contributed by atoms with Gasteiger partial charge in [-0.2, -0.15) is 0 Å². The number of aryl methyl sites for hydroxylation is 1. The van der Waals surface area contributed by atoms with Crippen LogP contribution in [-0.4, -0.2) is 44.4 Å². The zero-order valence-electron chi connectivity index (χ0n) is 17.3. The number of carbonyl (C=O) groups is 1. The van der Waals surface area contributed by atoms with Crippen molar-refractivity contribution in [2.75, 3.05) is 19.0 Å². The molecule has 0 spiro atoms. The van der Waals surface area contributed by atoms with Crippen LogP contribution in [-0.2, 0) is 19.5 Å². The molecular weight excluding hydrogens is 380 g/mol. The quantitative estimate of drug-likeness (QED) is 0.647. The van der Waals surface area contributed by atoms with E-state index in [1.54, 1.807) is 18.2 Å². The van der Waals surface area contributed by atoms with Crippen LogP contribution in [0.25, 0.3) is 0 Å². The number of methoxy groups -OCH3 is 1. The molecule has 0 atom stereocenters. The van der Waals surface area contributed by atoms with Crippen LogP contribution < -0.4 is 10.1 Å². The average Bonchev–Trinajstić information content (AvgIpc) is 3.08. The minimum Gasteiger partial charge on any atom is -0.481 e. The first kappa shape index (κ1) is 19.8. The molecule has 0 aromatic carbocycles. The topological polar surface area (TPSA) is 93.1 Å². The summed E-state index contributed by atoms with van der Waals surface area (Å²) in [7, 11) is 1.59. The molecule has 3 aromatic heterocycles. The first-order valence-corrected chi connectivity index (χ1v) is 9.85. The number of ether oxygens (including phenoxy) is 1. The van der Waals surface area contributed by atoms with E-state index in [9.17, 15) is 4.79 Å². The summed E-state index contributed by atoms with van der Waals surface area (Å²) in [5.41, 5.74) is 5.06. The van der Waals surface area contributed by atoms with E-state index in [1.165, 1.54) is 6.33 Å². The number of fused-ring (bicyclic) bond motifs is 1. The highest BCUT2D eigenvalue weighted by Crippen LogP contribution is 2.28. The Kier molecular flexibility index (Phi) is 5.56. The van der Waals surface area contributed by atoms with Crippen molar-refractivity contribution in [3.8, 4) is 5.88 Å². The van der Waals surface area contributed by atoms with Gasteiger partial charge in [-0.15, -0.1) is 0 Å². The first-order valence-electron chi connectivity index (χ1n) is 9.85. The molecule has 30 heavy (non-hydrogen) atoms. The Balaban J connectivity index is 1.50.